The molecule has 3 N–H and O–H groups in total. The number of hydrogen-bond donors (Lipinski definition) is 3. The predicted molar refractivity (Wildman–Crippen MR) is 166 cm³/mol. The van der Waals surface area contributed by atoms with Gasteiger partial charge in [-0.3, -0.25) is 14.4 Å². The molecule has 6 unspecified atom stereocenters. The Balaban J connectivity index is 0.000000208. The molecule has 6 nitrogen and oxygen atoms in total. The maximum absolute atomic E-state index is 12.5. The zero-order chi connectivity index (χ0) is 39.7. The molecule has 6 atom stereocenters. The number of fused-ring (bicyclic) bond motifs is 6. The number of allylic oxidation sites excluding steroid dienone is 6. The fourth-order valence-corrected chi connectivity index (χ4v) is 9.88. The molecule has 295 valence electrons. The second-order valence-electron chi connectivity index (χ2n) is 17.2. The minimum absolute atomic E-state index is 0. The van der Waals surface area contributed by atoms with Crippen molar-refractivity contribution in [2.24, 2.45) is 50.2 Å². The van der Waals surface area contributed by atoms with Crippen molar-refractivity contribution in [3.63, 3.8) is 0 Å². The molecule has 6 saturated carbocycles. The molecule has 52 heavy (non-hydrogen) atoms. The second-order valence-corrected chi connectivity index (χ2v) is 17.2. The molecule has 1 radical (unpaired) electrons. The van der Waals surface area contributed by atoms with Crippen LogP contribution in [0.4, 0.5) is 39.5 Å². The molecule has 6 aliphatic carbocycles. The van der Waals surface area contributed by atoms with E-state index in [0.29, 0.717) is 38.5 Å². The zero-order valence-electron chi connectivity index (χ0n) is 30.3. The Morgan fingerprint density at radius 2 is 0.635 bits per heavy atom. The first-order valence-electron chi connectivity index (χ1n) is 16.8. The SMILES string of the molecule is CC12CCC(/C(=C(/O)C(F)(F)F)C1=O)C2(C)C.CC12CCC(/C(=C(/O)C(F)(F)F)C1=O)C2(C)C.CC12CCC(/C(=C(/O)C(F)(F)F)C1=O)C2(C)C.[Eu]. The van der Waals surface area contributed by atoms with E-state index >= 15 is 0 Å². The summed E-state index contributed by atoms with van der Waals surface area (Å²) in [7, 11) is 0. The smallest absolute Gasteiger partial charge is 0.449 e. The molecular formula is C36H45EuF9O6. The molecule has 6 rings (SSSR count). The maximum atomic E-state index is 12.5. The first-order chi connectivity index (χ1) is 22.6. The van der Waals surface area contributed by atoms with Gasteiger partial charge < -0.3 is 15.3 Å². The van der Waals surface area contributed by atoms with Gasteiger partial charge in [0.05, 0.1) is 0 Å². The summed E-state index contributed by atoms with van der Waals surface area (Å²) >= 11 is 0. The van der Waals surface area contributed by atoms with Crippen LogP contribution in [0.15, 0.2) is 34.0 Å². The number of Topliss-reactive ketones (excluding diaryl/α,β-unsaturated/α-hetero) is 3. The van der Waals surface area contributed by atoms with Crippen LogP contribution in [0.5, 0.6) is 0 Å². The summed E-state index contributed by atoms with van der Waals surface area (Å²) < 4.78 is 113. The fourth-order valence-electron chi connectivity index (χ4n) is 9.88. The van der Waals surface area contributed by atoms with Crippen molar-refractivity contribution in [2.45, 2.75) is 119 Å². The van der Waals surface area contributed by atoms with Gasteiger partial charge in [-0.15, -0.1) is 0 Å². The third-order valence-corrected chi connectivity index (χ3v) is 14.5. The average molecular weight is 897 g/mol. The molecule has 0 heterocycles. The summed E-state index contributed by atoms with van der Waals surface area (Å²) in [6, 6.07) is 0. The Morgan fingerprint density at radius 1 is 0.462 bits per heavy atom. The summed E-state index contributed by atoms with van der Waals surface area (Å²) in [6.45, 7) is 15.9. The summed E-state index contributed by atoms with van der Waals surface area (Å²) in [5.41, 5.74) is -5.08. The molecule has 0 saturated heterocycles. The molecule has 0 aliphatic heterocycles. The molecular weight excluding hydrogens is 851 g/mol. The van der Waals surface area contributed by atoms with Crippen molar-refractivity contribution in [1.29, 1.82) is 0 Å². The van der Waals surface area contributed by atoms with Crippen LogP contribution in [-0.2, 0) is 14.4 Å². The van der Waals surface area contributed by atoms with Gasteiger partial charge in [-0.05, 0) is 72.5 Å². The van der Waals surface area contributed by atoms with Crippen LogP contribution in [0.1, 0.15) is 101 Å². The summed E-state index contributed by atoms with van der Waals surface area (Å²) in [5, 5.41) is 27.8. The quantitative estimate of drug-likeness (QED) is 0.127. The molecule has 0 aromatic heterocycles. The van der Waals surface area contributed by atoms with Crippen LogP contribution < -0.4 is 0 Å². The van der Waals surface area contributed by atoms with E-state index < -0.39 is 120 Å². The van der Waals surface area contributed by atoms with Gasteiger partial charge in [0.1, 0.15) is 0 Å². The number of carbonyl (C=O) groups is 3. The van der Waals surface area contributed by atoms with Gasteiger partial charge in [-0.2, -0.15) is 39.5 Å². The standard InChI is InChI=1S/3C12H15F3O2.Eu/c3*1-10(2)6-4-5-11(10,3)8(16)7(6)9(17)12(13,14)15;/h3*6,17H,4-5H2,1-3H3;/b3*9-7-;. The predicted octanol–water partition coefficient (Wildman–Crippen LogP) is 10.2. The Morgan fingerprint density at radius 3 is 0.750 bits per heavy atom. The number of carbonyl (C=O) groups excluding carboxylic acids is 3. The van der Waals surface area contributed by atoms with Gasteiger partial charge in [-0.25, -0.2) is 0 Å². The van der Waals surface area contributed by atoms with Crippen molar-refractivity contribution in [2.75, 3.05) is 0 Å². The number of hydrogen-bond acceptors (Lipinski definition) is 6. The number of alkyl halides is 9. The van der Waals surface area contributed by atoms with Crippen LogP contribution in [0, 0.1) is 99.6 Å². The zero-order valence-corrected chi connectivity index (χ0v) is 32.7. The van der Waals surface area contributed by atoms with Crippen molar-refractivity contribution < 1.29 is 119 Å². The molecule has 6 aliphatic rings. The third kappa shape index (κ3) is 6.16. The molecule has 0 aromatic rings. The van der Waals surface area contributed by atoms with E-state index in [2.05, 4.69) is 0 Å². The fraction of sp³-hybridized carbons (Fsp3) is 0.750. The Bertz CT molecular complexity index is 1460. The van der Waals surface area contributed by atoms with E-state index in [-0.39, 0.29) is 49.4 Å². The Kier molecular flexibility index (Phi) is 11.3. The van der Waals surface area contributed by atoms with Gasteiger partial charge in [0, 0.05) is 82.3 Å². The maximum Gasteiger partial charge on any atom is 0.449 e. The minimum Gasteiger partial charge on any atom is -0.504 e. The number of aliphatic hydroxyl groups is 3. The van der Waals surface area contributed by atoms with Crippen molar-refractivity contribution in [3.05, 3.63) is 34.0 Å². The van der Waals surface area contributed by atoms with E-state index in [1.165, 1.54) is 0 Å². The summed E-state index contributed by atoms with van der Waals surface area (Å²) in [5.74, 6) is -8.13. The third-order valence-electron chi connectivity index (χ3n) is 14.5. The largest absolute Gasteiger partial charge is 0.504 e. The topological polar surface area (TPSA) is 112 Å². The number of ketones is 3. The van der Waals surface area contributed by atoms with Crippen LogP contribution in [0.3, 0.4) is 0 Å². The molecule has 16 heteroatoms. The van der Waals surface area contributed by atoms with Crippen molar-refractivity contribution >= 4 is 17.3 Å². The monoisotopic (exact) mass is 897 g/mol. The Labute approximate surface area is 337 Å². The van der Waals surface area contributed by atoms with Crippen molar-refractivity contribution in [1.82, 2.24) is 0 Å². The van der Waals surface area contributed by atoms with E-state index in [1.807, 2.05) is 0 Å². The summed E-state index contributed by atoms with van der Waals surface area (Å²) in [4.78, 5) is 36.2. The van der Waals surface area contributed by atoms with Crippen LogP contribution in [0.25, 0.3) is 0 Å². The van der Waals surface area contributed by atoms with Gasteiger partial charge >= 0.3 is 18.5 Å². The van der Waals surface area contributed by atoms with E-state index in [9.17, 15) is 69.2 Å². The number of halogens is 9. The Hall–Kier alpha value is -1.42. The number of rotatable bonds is 0. The first-order valence-corrected chi connectivity index (χ1v) is 16.8. The van der Waals surface area contributed by atoms with Crippen LogP contribution in [-0.4, -0.2) is 51.2 Å². The van der Waals surface area contributed by atoms with Gasteiger partial charge in [-0.1, -0.05) is 62.3 Å². The van der Waals surface area contributed by atoms with E-state index in [1.54, 1.807) is 62.3 Å². The molecule has 0 amide bonds. The second kappa shape index (κ2) is 13.1. The van der Waals surface area contributed by atoms with E-state index in [4.69, 9.17) is 0 Å². The molecule has 0 spiro atoms. The average Bonchev–Trinajstić information content (AvgIpc) is 3.59. The summed E-state index contributed by atoms with van der Waals surface area (Å²) in [6.07, 6.45) is -11.1. The van der Waals surface area contributed by atoms with Gasteiger partial charge in [0.15, 0.2) is 17.3 Å². The van der Waals surface area contributed by atoms with Gasteiger partial charge in [0.25, 0.3) is 0 Å². The van der Waals surface area contributed by atoms with Crippen LogP contribution in [0.2, 0.25) is 0 Å². The molecule has 0 aromatic carbocycles. The van der Waals surface area contributed by atoms with Crippen molar-refractivity contribution in [3.8, 4) is 0 Å². The number of aliphatic hydroxyl groups excluding tert-OH is 3. The minimum atomic E-state index is -4.83. The molecule has 6 fully saturated rings. The molecule has 6 bridgehead atoms. The first kappa shape index (κ1) is 45.0. The van der Waals surface area contributed by atoms with Crippen LogP contribution >= 0.6 is 0 Å². The normalized spacial score (nSPS) is 38.0. The van der Waals surface area contributed by atoms with Gasteiger partial charge in [0.2, 0.25) is 17.3 Å². The van der Waals surface area contributed by atoms with E-state index in [0.717, 1.165) is 0 Å².